The molecule has 0 fully saturated rings. The maximum atomic E-state index is 11.9. The van der Waals surface area contributed by atoms with Gasteiger partial charge in [0.2, 0.25) is 0 Å². The molecule has 0 spiro atoms. The fourth-order valence-corrected chi connectivity index (χ4v) is 1.79. The van der Waals surface area contributed by atoms with Gasteiger partial charge in [-0.15, -0.1) is 0 Å². The van der Waals surface area contributed by atoms with Crippen molar-refractivity contribution in [1.29, 1.82) is 0 Å². The van der Waals surface area contributed by atoms with Crippen LogP contribution in [0.25, 0.3) is 0 Å². The van der Waals surface area contributed by atoms with Gasteiger partial charge in [-0.2, -0.15) is 0 Å². The molecule has 0 bridgehead atoms. The van der Waals surface area contributed by atoms with E-state index < -0.39 is 6.03 Å². The molecule has 6 heteroatoms. The average Bonchev–Trinajstić information content (AvgIpc) is 2.52. The number of nitrogens with two attached hydrogens (primary N) is 1. The summed E-state index contributed by atoms with van der Waals surface area (Å²) >= 11 is 0. The van der Waals surface area contributed by atoms with E-state index in [4.69, 9.17) is 10.5 Å². The Morgan fingerprint density at radius 2 is 1.77 bits per heavy atom. The molecular weight excluding hydrogens is 282 g/mol. The number of hydrogen-bond acceptors (Lipinski definition) is 3. The molecule has 0 aliphatic rings. The van der Waals surface area contributed by atoms with Crippen LogP contribution in [0.1, 0.15) is 42.1 Å². The van der Waals surface area contributed by atoms with Crippen LogP contribution in [0.3, 0.4) is 0 Å². The average molecular weight is 307 g/mol. The highest BCUT2D eigenvalue weighted by atomic mass is 16.5. The van der Waals surface area contributed by atoms with E-state index in [1.54, 1.807) is 24.3 Å². The van der Waals surface area contributed by atoms with E-state index in [2.05, 4.69) is 17.6 Å². The Morgan fingerprint density at radius 3 is 2.41 bits per heavy atom. The predicted molar refractivity (Wildman–Crippen MR) is 85.5 cm³/mol. The molecule has 6 nitrogen and oxygen atoms in total. The van der Waals surface area contributed by atoms with Gasteiger partial charge < -0.3 is 21.1 Å². The first kappa shape index (κ1) is 18.0. The van der Waals surface area contributed by atoms with Gasteiger partial charge in [-0.1, -0.05) is 25.5 Å². The number of urea groups is 1. The summed E-state index contributed by atoms with van der Waals surface area (Å²) in [4.78, 5) is 22.5. The Kier molecular flexibility index (Phi) is 8.67. The molecule has 0 aliphatic carbocycles. The molecule has 122 valence electrons. The van der Waals surface area contributed by atoms with Gasteiger partial charge in [0.25, 0.3) is 5.91 Å². The van der Waals surface area contributed by atoms with E-state index in [9.17, 15) is 9.59 Å². The smallest absolute Gasteiger partial charge is 0.312 e. The SMILES string of the molecule is CCCCOCCCNC(=O)c1ccc(CNC(N)=O)cc1. The molecule has 0 radical (unpaired) electrons. The number of rotatable bonds is 10. The van der Waals surface area contributed by atoms with Crippen LogP contribution in [0, 0.1) is 0 Å². The van der Waals surface area contributed by atoms with Crippen molar-refractivity contribution >= 4 is 11.9 Å². The van der Waals surface area contributed by atoms with E-state index in [1.807, 2.05) is 0 Å². The van der Waals surface area contributed by atoms with Crippen LogP contribution in [0.4, 0.5) is 4.79 Å². The largest absolute Gasteiger partial charge is 0.381 e. The summed E-state index contributed by atoms with van der Waals surface area (Å²) < 4.78 is 5.43. The zero-order chi connectivity index (χ0) is 16.2. The molecular formula is C16H25N3O3. The summed E-state index contributed by atoms with van der Waals surface area (Å²) in [5.74, 6) is -0.108. The fraction of sp³-hybridized carbons (Fsp3) is 0.500. The first-order chi connectivity index (χ1) is 10.6. The first-order valence-electron chi connectivity index (χ1n) is 7.61. The lowest BCUT2D eigenvalue weighted by Gasteiger charge is -2.07. The topological polar surface area (TPSA) is 93.4 Å². The first-order valence-corrected chi connectivity index (χ1v) is 7.61. The third-order valence-electron chi connectivity index (χ3n) is 3.08. The Morgan fingerprint density at radius 1 is 1.09 bits per heavy atom. The van der Waals surface area contributed by atoms with Gasteiger partial charge in [0.15, 0.2) is 0 Å². The normalized spacial score (nSPS) is 10.2. The van der Waals surface area contributed by atoms with Gasteiger partial charge in [-0.05, 0) is 30.5 Å². The lowest BCUT2D eigenvalue weighted by molar-refractivity contribution is 0.0940. The van der Waals surface area contributed by atoms with Crippen LogP contribution in [-0.4, -0.2) is 31.7 Å². The van der Waals surface area contributed by atoms with E-state index in [1.165, 1.54) is 0 Å². The van der Waals surface area contributed by atoms with Gasteiger partial charge in [0.1, 0.15) is 0 Å². The molecule has 0 aromatic heterocycles. The highest BCUT2D eigenvalue weighted by Crippen LogP contribution is 2.04. The number of carbonyl (C=O) groups excluding carboxylic acids is 2. The van der Waals surface area contributed by atoms with Crippen molar-refractivity contribution in [3.8, 4) is 0 Å². The van der Waals surface area contributed by atoms with Gasteiger partial charge in [-0.3, -0.25) is 4.79 Å². The molecule has 0 heterocycles. The van der Waals surface area contributed by atoms with Crippen LogP contribution in [0.15, 0.2) is 24.3 Å². The van der Waals surface area contributed by atoms with Crippen molar-refractivity contribution in [3.63, 3.8) is 0 Å². The van der Waals surface area contributed by atoms with Crippen LogP contribution < -0.4 is 16.4 Å². The molecule has 4 N–H and O–H groups in total. The quantitative estimate of drug-likeness (QED) is 0.575. The molecule has 0 unspecified atom stereocenters. The van der Waals surface area contributed by atoms with Gasteiger partial charge in [0, 0.05) is 31.9 Å². The monoisotopic (exact) mass is 307 g/mol. The lowest BCUT2D eigenvalue weighted by Crippen LogP contribution is -2.28. The second-order valence-corrected chi connectivity index (χ2v) is 4.99. The minimum absolute atomic E-state index is 0.108. The summed E-state index contributed by atoms with van der Waals surface area (Å²) in [6.45, 7) is 4.52. The second-order valence-electron chi connectivity index (χ2n) is 4.99. The summed E-state index contributed by atoms with van der Waals surface area (Å²) in [6.07, 6.45) is 3.00. The minimum Gasteiger partial charge on any atom is -0.381 e. The van der Waals surface area contributed by atoms with Crippen LogP contribution in [0.2, 0.25) is 0 Å². The Labute approximate surface area is 131 Å². The van der Waals surface area contributed by atoms with Crippen molar-refractivity contribution in [1.82, 2.24) is 10.6 Å². The van der Waals surface area contributed by atoms with Gasteiger partial charge >= 0.3 is 6.03 Å². The highest BCUT2D eigenvalue weighted by Gasteiger charge is 2.04. The highest BCUT2D eigenvalue weighted by molar-refractivity contribution is 5.94. The lowest BCUT2D eigenvalue weighted by atomic mass is 10.1. The van der Waals surface area contributed by atoms with Gasteiger partial charge in [-0.25, -0.2) is 4.79 Å². The Balaban J connectivity index is 2.23. The van der Waals surface area contributed by atoms with Crippen molar-refractivity contribution in [3.05, 3.63) is 35.4 Å². The number of unbranched alkanes of at least 4 members (excludes halogenated alkanes) is 1. The van der Waals surface area contributed by atoms with E-state index in [-0.39, 0.29) is 5.91 Å². The zero-order valence-electron chi connectivity index (χ0n) is 13.1. The number of nitrogens with one attached hydrogen (secondary N) is 2. The summed E-state index contributed by atoms with van der Waals surface area (Å²) in [7, 11) is 0. The number of ether oxygens (including phenoxy) is 1. The van der Waals surface area contributed by atoms with Crippen LogP contribution >= 0.6 is 0 Å². The maximum absolute atomic E-state index is 11.9. The predicted octanol–water partition coefficient (Wildman–Crippen LogP) is 1.79. The molecule has 1 aromatic carbocycles. The third-order valence-corrected chi connectivity index (χ3v) is 3.08. The molecule has 22 heavy (non-hydrogen) atoms. The van der Waals surface area contributed by atoms with Gasteiger partial charge in [0.05, 0.1) is 0 Å². The fourth-order valence-electron chi connectivity index (χ4n) is 1.79. The molecule has 1 rings (SSSR count). The summed E-state index contributed by atoms with van der Waals surface area (Å²) in [5.41, 5.74) is 6.48. The number of primary amides is 1. The third kappa shape index (κ3) is 7.64. The van der Waals surface area contributed by atoms with E-state index in [0.717, 1.165) is 31.4 Å². The molecule has 0 saturated heterocycles. The second kappa shape index (κ2) is 10.6. The molecule has 1 aromatic rings. The van der Waals surface area contributed by atoms with Crippen molar-refractivity contribution in [2.24, 2.45) is 5.73 Å². The number of amides is 3. The summed E-state index contributed by atoms with van der Waals surface area (Å²) in [5, 5.41) is 5.35. The molecule has 0 saturated carbocycles. The van der Waals surface area contributed by atoms with Crippen molar-refractivity contribution < 1.29 is 14.3 Å². The summed E-state index contributed by atoms with van der Waals surface area (Å²) in [6, 6.07) is 6.47. The number of benzene rings is 1. The molecule has 0 atom stereocenters. The molecule has 3 amide bonds. The zero-order valence-corrected chi connectivity index (χ0v) is 13.1. The number of carbonyl (C=O) groups is 2. The van der Waals surface area contributed by atoms with Crippen LogP contribution in [0.5, 0.6) is 0 Å². The standard InChI is InChI=1S/C16H25N3O3/c1-2-3-10-22-11-4-9-18-15(20)14-7-5-13(6-8-14)12-19-16(17)21/h5-8H,2-4,9-12H2,1H3,(H,18,20)(H3,17,19,21). The number of hydrogen-bond donors (Lipinski definition) is 3. The Bertz CT molecular complexity index is 460. The minimum atomic E-state index is -0.567. The van der Waals surface area contributed by atoms with Crippen molar-refractivity contribution in [2.75, 3.05) is 19.8 Å². The molecule has 0 aliphatic heterocycles. The van der Waals surface area contributed by atoms with Crippen LogP contribution in [-0.2, 0) is 11.3 Å². The maximum Gasteiger partial charge on any atom is 0.312 e. The van der Waals surface area contributed by atoms with Crippen molar-refractivity contribution in [2.45, 2.75) is 32.7 Å². The van der Waals surface area contributed by atoms with E-state index >= 15 is 0 Å². The van der Waals surface area contributed by atoms with E-state index in [0.29, 0.717) is 25.3 Å². The Hall–Kier alpha value is -2.08.